The predicted octanol–water partition coefficient (Wildman–Crippen LogP) is 3.88. The molecule has 21 heavy (non-hydrogen) atoms. The van der Waals surface area contributed by atoms with Crippen molar-refractivity contribution in [2.75, 3.05) is 32.1 Å². The van der Waals surface area contributed by atoms with E-state index in [0.717, 1.165) is 32.4 Å². The number of benzene rings is 2. The molecule has 0 aliphatic carbocycles. The maximum absolute atomic E-state index is 7.91. The van der Waals surface area contributed by atoms with Crippen LogP contribution in [0.5, 0.6) is 0 Å². The van der Waals surface area contributed by atoms with E-state index in [1.807, 2.05) is 24.3 Å². The first kappa shape index (κ1) is 11.8. The summed E-state index contributed by atoms with van der Waals surface area (Å²) in [6.45, 7) is 2.00. The lowest BCUT2D eigenvalue weighted by molar-refractivity contribution is 0.402. The first-order valence-electron chi connectivity index (χ1n) is 8.66. The number of para-hydroxylation sites is 2. The van der Waals surface area contributed by atoms with Crippen molar-refractivity contribution < 1.29 is 2.74 Å². The van der Waals surface area contributed by atoms with Crippen molar-refractivity contribution in [3.8, 4) is 0 Å². The molecule has 0 saturated carbocycles. The summed E-state index contributed by atoms with van der Waals surface area (Å²) in [6, 6.07) is 13.0. The molecule has 0 bridgehead atoms. The van der Waals surface area contributed by atoms with Crippen LogP contribution in [-0.4, -0.2) is 32.1 Å². The van der Waals surface area contributed by atoms with Crippen LogP contribution in [-0.2, 0) is 12.8 Å². The van der Waals surface area contributed by atoms with Crippen LogP contribution in [0.1, 0.15) is 20.3 Å². The van der Waals surface area contributed by atoms with Gasteiger partial charge in [0.2, 0.25) is 0 Å². The first-order valence-corrected chi connectivity index (χ1v) is 7.66. The predicted molar refractivity (Wildman–Crippen MR) is 90.5 cm³/mol. The van der Waals surface area contributed by atoms with Gasteiger partial charge in [0.15, 0.2) is 0 Å². The van der Waals surface area contributed by atoms with Gasteiger partial charge in [-0.2, -0.15) is 0 Å². The number of aryl methyl sites for hydroxylation is 2. The molecule has 2 aromatic carbocycles. The molecule has 2 aromatic rings. The lowest BCUT2D eigenvalue weighted by Crippen LogP contribution is -2.23. The standard InChI is InChI=1S/C19H24N2/c1-20(2)14-7-15-21-18-10-5-3-8-16(18)12-13-17-9-4-6-11-19(17)21/h3-6,8-11H,7,12-15H2,1-2H3/i3D,4D. The summed E-state index contributed by atoms with van der Waals surface area (Å²) in [6.07, 6.45) is 2.95. The van der Waals surface area contributed by atoms with E-state index in [2.05, 4.69) is 36.0 Å². The lowest BCUT2D eigenvalue weighted by atomic mass is 10.0. The van der Waals surface area contributed by atoms with E-state index in [4.69, 9.17) is 2.74 Å². The van der Waals surface area contributed by atoms with Crippen LogP contribution in [0.4, 0.5) is 11.4 Å². The molecule has 110 valence electrons. The maximum atomic E-state index is 7.91. The zero-order valence-corrected chi connectivity index (χ0v) is 12.9. The van der Waals surface area contributed by atoms with E-state index in [9.17, 15) is 0 Å². The van der Waals surface area contributed by atoms with E-state index >= 15 is 0 Å². The average molecular weight is 282 g/mol. The van der Waals surface area contributed by atoms with Crippen LogP contribution >= 0.6 is 0 Å². The quantitative estimate of drug-likeness (QED) is 0.840. The summed E-state index contributed by atoms with van der Waals surface area (Å²) >= 11 is 0. The van der Waals surface area contributed by atoms with E-state index in [1.165, 1.54) is 22.5 Å². The highest BCUT2D eigenvalue weighted by Gasteiger charge is 2.19. The van der Waals surface area contributed by atoms with Gasteiger partial charge in [-0.15, -0.1) is 0 Å². The van der Waals surface area contributed by atoms with Gasteiger partial charge in [-0.05, 0) is 63.2 Å². The van der Waals surface area contributed by atoms with Crippen molar-refractivity contribution in [2.45, 2.75) is 19.3 Å². The molecule has 1 aliphatic heterocycles. The fourth-order valence-corrected chi connectivity index (χ4v) is 3.03. The van der Waals surface area contributed by atoms with Gasteiger partial charge in [-0.25, -0.2) is 0 Å². The molecule has 0 unspecified atom stereocenters. The molecule has 0 saturated heterocycles. The second-order valence-electron chi connectivity index (χ2n) is 5.92. The lowest BCUT2D eigenvalue weighted by Gasteiger charge is -2.27. The van der Waals surface area contributed by atoms with E-state index in [0.29, 0.717) is 12.1 Å². The Bertz CT molecular complexity index is 644. The van der Waals surface area contributed by atoms with Gasteiger partial charge < -0.3 is 9.80 Å². The third kappa shape index (κ3) is 3.11. The molecular weight excluding hydrogens is 256 g/mol. The van der Waals surface area contributed by atoms with Gasteiger partial charge in [0.1, 0.15) is 0 Å². The van der Waals surface area contributed by atoms with Gasteiger partial charge in [0.05, 0.1) is 2.74 Å². The number of nitrogens with zero attached hydrogens (tertiary/aromatic N) is 2. The summed E-state index contributed by atoms with van der Waals surface area (Å²) in [7, 11) is 4.20. The highest BCUT2D eigenvalue weighted by atomic mass is 15.1. The van der Waals surface area contributed by atoms with Crippen molar-refractivity contribution in [1.82, 2.24) is 4.90 Å². The summed E-state index contributed by atoms with van der Waals surface area (Å²) in [5.74, 6) is 0. The fraction of sp³-hybridized carbons (Fsp3) is 0.368. The third-order valence-corrected chi connectivity index (χ3v) is 4.08. The Labute approximate surface area is 130 Å². The Hall–Kier alpha value is -1.80. The van der Waals surface area contributed by atoms with E-state index in [-0.39, 0.29) is 0 Å². The van der Waals surface area contributed by atoms with Crippen molar-refractivity contribution >= 4 is 11.4 Å². The molecule has 0 spiro atoms. The Morgan fingerprint density at radius 2 is 1.57 bits per heavy atom. The Morgan fingerprint density at radius 1 is 1.00 bits per heavy atom. The number of anilines is 2. The number of hydrogen-bond donors (Lipinski definition) is 0. The van der Waals surface area contributed by atoms with Crippen molar-refractivity contribution in [3.63, 3.8) is 0 Å². The molecule has 0 fully saturated rings. The fourth-order valence-electron chi connectivity index (χ4n) is 3.03. The van der Waals surface area contributed by atoms with Crippen LogP contribution in [0.2, 0.25) is 0 Å². The molecule has 2 nitrogen and oxygen atoms in total. The van der Waals surface area contributed by atoms with Gasteiger partial charge in [0, 0.05) is 17.9 Å². The Morgan fingerprint density at radius 3 is 2.10 bits per heavy atom. The first-order chi connectivity index (χ1) is 11.0. The topological polar surface area (TPSA) is 6.48 Å². The van der Waals surface area contributed by atoms with Crippen LogP contribution in [0.15, 0.2) is 48.5 Å². The molecule has 0 aromatic heterocycles. The van der Waals surface area contributed by atoms with Crippen LogP contribution in [0, 0.1) is 0 Å². The zero-order chi connectivity index (χ0) is 16.4. The third-order valence-electron chi connectivity index (χ3n) is 4.08. The second-order valence-corrected chi connectivity index (χ2v) is 5.92. The molecule has 0 amide bonds. The SMILES string of the molecule is [2H]c1ccc2c(c1)CCc1cc([2H])ccc1N2CCCN(C)C. The maximum Gasteiger partial charge on any atom is 0.0623 e. The molecule has 0 N–H and O–H groups in total. The van der Waals surface area contributed by atoms with Gasteiger partial charge in [0.25, 0.3) is 0 Å². The number of fused-ring (bicyclic) bond motifs is 2. The molecule has 3 rings (SSSR count). The summed E-state index contributed by atoms with van der Waals surface area (Å²) < 4.78 is 15.8. The normalized spacial score (nSPS) is 15.1. The minimum absolute atomic E-state index is 0.573. The second kappa shape index (κ2) is 6.31. The van der Waals surface area contributed by atoms with Gasteiger partial charge in [-0.1, -0.05) is 36.4 Å². The van der Waals surface area contributed by atoms with Crippen LogP contribution in [0.3, 0.4) is 0 Å². The van der Waals surface area contributed by atoms with E-state index < -0.39 is 0 Å². The smallest absolute Gasteiger partial charge is 0.0623 e. The summed E-state index contributed by atoms with van der Waals surface area (Å²) in [5, 5.41) is 0. The Kier molecular flexibility index (Phi) is 3.55. The molecule has 1 heterocycles. The van der Waals surface area contributed by atoms with Crippen LogP contribution < -0.4 is 4.90 Å². The highest BCUT2D eigenvalue weighted by molar-refractivity contribution is 5.71. The molecule has 0 atom stereocenters. The summed E-state index contributed by atoms with van der Waals surface area (Å²) in [5.41, 5.74) is 4.92. The minimum Gasteiger partial charge on any atom is -0.341 e. The molecule has 1 aliphatic rings. The average Bonchev–Trinajstić information content (AvgIpc) is 2.64. The zero-order valence-electron chi connectivity index (χ0n) is 14.9. The molecule has 0 radical (unpaired) electrons. The molecular formula is C19H24N2. The number of rotatable bonds is 4. The van der Waals surface area contributed by atoms with E-state index in [1.54, 1.807) is 0 Å². The minimum atomic E-state index is 0.573. The summed E-state index contributed by atoms with van der Waals surface area (Å²) in [4.78, 5) is 4.58. The number of hydrogen-bond acceptors (Lipinski definition) is 2. The van der Waals surface area contributed by atoms with Crippen molar-refractivity contribution in [2.24, 2.45) is 0 Å². The monoisotopic (exact) mass is 282 g/mol. The molecule has 2 heteroatoms. The highest BCUT2D eigenvalue weighted by Crippen LogP contribution is 2.35. The van der Waals surface area contributed by atoms with Gasteiger partial charge >= 0.3 is 0 Å². The largest absolute Gasteiger partial charge is 0.341 e. The Balaban J connectivity index is 1.99. The van der Waals surface area contributed by atoms with Crippen LogP contribution in [0.25, 0.3) is 0 Å². The van der Waals surface area contributed by atoms with Gasteiger partial charge in [-0.3, -0.25) is 0 Å². The van der Waals surface area contributed by atoms with Crippen molar-refractivity contribution in [3.05, 3.63) is 59.6 Å². The van der Waals surface area contributed by atoms with Crippen molar-refractivity contribution in [1.29, 1.82) is 0 Å².